The number of carbonyl (C=O) groups is 1. The molecule has 1 atom stereocenters. The van der Waals surface area contributed by atoms with Crippen LogP contribution in [-0.4, -0.2) is 23.7 Å². The van der Waals surface area contributed by atoms with Gasteiger partial charge >= 0.3 is 5.97 Å². The molecule has 0 spiro atoms. The molecule has 2 N–H and O–H groups in total. The molecule has 0 aliphatic rings. The number of hydrogen-bond acceptors (Lipinski definition) is 3. The number of rotatable bonds is 7. The monoisotopic (exact) mass is 237 g/mol. The number of nitrogens with one attached hydrogen (secondary N) is 1. The first-order chi connectivity index (χ1) is 8.17. The molecule has 0 heterocycles. The van der Waals surface area contributed by atoms with Crippen LogP contribution in [0.4, 0.5) is 0 Å². The van der Waals surface area contributed by atoms with E-state index < -0.39 is 12.1 Å². The first kappa shape index (κ1) is 13.5. The van der Waals surface area contributed by atoms with Gasteiger partial charge in [-0.15, -0.1) is 0 Å². The molecule has 0 aliphatic carbocycles. The summed E-state index contributed by atoms with van der Waals surface area (Å²) in [6.45, 7) is 5.49. The van der Waals surface area contributed by atoms with Gasteiger partial charge in [0, 0.05) is 6.54 Å². The lowest BCUT2D eigenvalue weighted by molar-refractivity contribution is -0.145. The zero-order valence-corrected chi connectivity index (χ0v) is 10.3. The molecule has 0 aromatic heterocycles. The van der Waals surface area contributed by atoms with Crippen LogP contribution in [-0.2, 0) is 11.3 Å². The van der Waals surface area contributed by atoms with Crippen molar-refractivity contribution < 1.29 is 14.6 Å². The third-order valence-electron chi connectivity index (χ3n) is 2.40. The molecule has 0 aliphatic heterocycles. The molecule has 94 valence electrons. The predicted molar refractivity (Wildman–Crippen MR) is 66.2 cm³/mol. The molecule has 1 rings (SSSR count). The largest absolute Gasteiger partial charge is 0.479 e. The molecule has 0 saturated heterocycles. The Morgan fingerprint density at radius 3 is 2.82 bits per heavy atom. The minimum atomic E-state index is -0.926. The number of carboxylic acids is 1. The highest BCUT2D eigenvalue weighted by Gasteiger charge is 2.16. The summed E-state index contributed by atoms with van der Waals surface area (Å²) >= 11 is 0. The maximum Gasteiger partial charge on any atom is 0.344 e. The van der Waals surface area contributed by atoms with Crippen LogP contribution in [0.3, 0.4) is 0 Å². The van der Waals surface area contributed by atoms with Gasteiger partial charge in [-0.1, -0.05) is 26.0 Å². The second-order valence-corrected chi connectivity index (χ2v) is 3.78. The second-order valence-electron chi connectivity index (χ2n) is 3.78. The van der Waals surface area contributed by atoms with Gasteiger partial charge in [0.15, 0.2) is 6.10 Å². The van der Waals surface area contributed by atoms with Gasteiger partial charge in [0.05, 0.1) is 0 Å². The van der Waals surface area contributed by atoms with E-state index in [1.807, 2.05) is 25.1 Å². The van der Waals surface area contributed by atoms with Gasteiger partial charge in [-0.25, -0.2) is 4.79 Å². The van der Waals surface area contributed by atoms with Gasteiger partial charge in [0.2, 0.25) is 0 Å². The Morgan fingerprint density at radius 2 is 2.24 bits per heavy atom. The summed E-state index contributed by atoms with van der Waals surface area (Å²) < 4.78 is 5.42. The molecule has 0 fully saturated rings. The first-order valence-electron chi connectivity index (χ1n) is 5.86. The molecule has 1 unspecified atom stereocenters. The Morgan fingerprint density at radius 1 is 1.47 bits per heavy atom. The van der Waals surface area contributed by atoms with E-state index in [-0.39, 0.29) is 0 Å². The van der Waals surface area contributed by atoms with E-state index >= 15 is 0 Å². The lowest BCUT2D eigenvalue weighted by Gasteiger charge is -2.13. The summed E-state index contributed by atoms with van der Waals surface area (Å²) in [7, 11) is 0. The minimum Gasteiger partial charge on any atom is -0.479 e. The van der Waals surface area contributed by atoms with E-state index in [2.05, 4.69) is 5.32 Å². The maximum absolute atomic E-state index is 10.9. The Labute approximate surface area is 102 Å². The Balaban J connectivity index is 2.67. The molecular weight excluding hydrogens is 218 g/mol. The SMILES string of the molecule is CCNCc1cccc(OC(CC)C(=O)O)c1. The van der Waals surface area contributed by atoms with E-state index in [4.69, 9.17) is 9.84 Å². The number of ether oxygens (including phenoxy) is 1. The number of carboxylic acid groups (broad SMARTS) is 1. The molecule has 0 bridgehead atoms. The van der Waals surface area contributed by atoms with E-state index in [1.54, 1.807) is 13.0 Å². The van der Waals surface area contributed by atoms with E-state index in [1.165, 1.54) is 0 Å². The summed E-state index contributed by atoms with van der Waals surface area (Å²) in [5.41, 5.74) is 1.09. The maximum atomic E-state index is 10.9. The summed E-state index contributed by atoms with van der Waals surface area (Å²) in [5.74, 6) is -0.320. The van der Waals surface area contributed by atoms with Crippen molar-refractivity contribution in [2.45, 2.75) is 32.9 Å². The van der Waals surface area contributed by atoms with Crippen molar-refractivity contribution in [1.82, 2.24) is 5.32 Å². The molecule has 0 saturated carbocycles. The number of aliphatic carboxylic acids is 1. The summed E-state index contributed by atoms with van der Waals surface area (Å²) in [5, 5.41) is 12.1. The summed E-state index contributed by atoms with van der Waals surface area (Å²) in [6, 6.07) is 7.50. The van der Waals surface area contributed by atoms with Crippen LogP contribution in [0.1, 0.15) is 25.8 Å². The van der Waals surface area contributed by atoms with Gasteiger partial charge in [0.1, 0.15) is 5.75 Å². The molecule has 0 amide bonds. The third-order valence-corrected chi connectivity index (χ3v) is 2.40. The third kappa shape index (κ3) is 4.44. The second kappa shape index (κ2) is 6.91. The fourth-order valence-electron chi connectivity index (χ4n) is 1.47. The molecule has 0 radical (unpaired) electrons. The molecule has 1 aromatic carbocycles. The Bertz CT molecular complexity index is 365. The van der Waals surface area contributed by atoms with Crippen LogP contribution in [0, 0.1) is 0 Å². The van der Waals surface area contributed by atoms with Crippen LogP contribution >= 0.6 is 0 Å². The molecule has 17 heavy (non-hydrogen) atoms. The van der Waals surface area contributed by atoms with Gasteiger partial charge in [0.25, 0.3) is 0 Å². The molecule has 4 heteroatoms. The standard InChI is InChI=1S/C13H19NO3/c1-3-12(13(15)16)17-11-7-5-6-10(8-11)9-14-4-2/h5-8,12,14H,3-4,9H2,1-2H3,(H,15,16). The van der Waals surface area contributed by atoms with Crippen molar-refractivity contribution in [2.24, 2.45) is 0 Å². The Kier molecular flexibility index (Phi) is 5.49. The quantitative estimate of drug-likeness (QED) is 0.762. The van der Waals surface area contributed by atoms with Crippen molar-refractivity contribution in [3.8, 4) is 5.75 Å². The van der Waals surface area contributed by atoms with Gasteiger partial charge in [-0.3, -0.25) is 0 Å². The van der Waals surface area contributed by atoms with Crippen molar-refractivity contribution in [3.05, 3.63) is 29.8 Å². The van der Waals surface area contributed by atoms with Crippen LogP contribution in [0.15, 0.2) is 24.3 Å². The van der Waals surface area contributed by atoms with Crippen molar-refractivity contribution in [1.29, 1.82) is 0 Å². The first-order valence-corrected chi connectivity index (χ1v) is 5.86. The molecule has 4 nitrogen and oxygen atoms in total. The highest BCUT2D eigenvalue weighted by molar-refractivity contribution is 5.72. The highest BCUT2D eigenvalue weighted by Crippen LogP contribution is 2.16. The van der Waals surface area contributed by atoms with Gasteiger partial charge in [-0.2, -0.15) is 0 Å². The van der Waals surface area contributed by atoms with E-state index in [0.29, 0.717) is 12.2 Å². The van der Waals surface area contributed by atoms with Crippen LogP contribution < -0.4 is 10.1 Å². The van der Waals surface area contributed by atoms with Gasteiger partial charge in [-0.05, 0) is 30.7 Å². The molecular formula is C13H19NO3. The van der Waals surface area contributed by atoms with Crippen molar-refractivity contribution >= 4 is 5.97 Å². The summed E-state index contributed by atoms with van der Waals surface area (Å²) in [4.78, 5) is 10.9. The number of benzene rings is 1. The zero-order valence-electron chi connectivity index (χ0n) is 10.3. The van der Waals surface area contributed by atoms with Crippen LogP contribution in [0.25, 0.3) is 0 Å². The lowest BCUT2D eigenvalue weighted by Crippen LogP contribution is -2.26. The molecule has 1 aromatic rings. The van der Waals surface area contributed by atoms with Crippen LogP contribution in [0.5, 0.6) is 5.75 Å². The van der Waals surface area contributed by atoms with Crippen molar-refractivity contribution in [3.63, 3.8) is 0 Å². The predicted octanol–water partition coefficient (Wildman–Crippen LogP) is 2.04. The van der Waals surface area contributed by atoms with Crippen LogP contribution in [0.2, 0.25) is 0 Å². The fraction of sp³-hybridized carbons (Fsp3) is 0.462. The fourth-order valence-corrected chi connectivity index (χ4v) is 1.47. The average molecular weight is 237 g/mol. The Hall–Kier alpha value is -1.55. The van der Waals surface area contributed by atoms with Gasteiger partial charge < -0.3 is 15.2 Å². The minimum absolute atomic E-state index is 0.451. The topological polar surface area (TPSA) is 58.6 Å². The average Bonchev–Trinajstić information content (AvgIpc) is 2.33. The van der Waals surface area contributed by atoms with E-state index in [0.717, 1.165) is 18.7 Å². The van der Waals surface area contributed by atoms with E-state index in [9.17, 15) is 4.79 Å². The smallest absolute Gasteiger partial charge is 0.344 e. The van der Waals surface area contributed by atoms with Crippen molar-refractivity contribution in [2.75, 3.05) is 6.54 Å². The zero-order chi connectivity index (χ0) is 12.7. The lowest BCUT2D eigenvalue weighted by atomic mass is 10.2. The number of hydrogen-bond donors (Lipinski definition) is 2. The summed E-state index contributed by atoms with van der Waals surface area (Å²) in [6.07, 6.45) is -0.323. The normalized spacial score (nSPS) is 12.1. The highest BCUT2D eigenvalue weighted by atomic mass is 16.5.